The van der Waals surface area contributed by atoms with Crippen LogP contribution in [0.25, 0.3) is 11.2 Å². The Morgan fingerprint density at radius 3 is 2.73 bits per heavy atom. The summed E-state index contributed by atoms with van der Waals surface area (Å²) in [6, 6.07) is 3.86. The second-order valence-electron chi connectivity index (χ2n) is 7.51. The molecule has 0 aliphatic carbocycles. The summed E-state index contributed by atoms with van der Waals surface area (Å²) in [5, 5.41) is 4.00. The summed E-state index contributed by atoms with van der Waals surface area (Å²) in [5.41, 5.74) is 7.65. The molecule has 30 heavy (non-hydrogen) atoms. The highest BCUT2D eigenvalue weighted by Gasteiger charge is 2.19. The van der Waals surface area contributed by atoms with E-state index in [1.807, 2.05) is 18.5 Å². The lowest BCUT2D eigenvalue weighted by molar-refractivity contribution is 0.171. The second kappa shape index (κ2) is 8.60. The molecule has 0 radical (unpaired) electrons. The number of hydrogen-bond acceptors (Lipinski definition) is 8. The quantitative estimate of drug-likeness (QED) is 0.524. The minimum atomic E-state index is 0.400. The van der Waals surface area contributed by atoms with Gasteiger partial charge >= 0.3 is 0 Å². The number of nitrogens with zero attached hydrogens (tertiary/aromatic N) is 4. The van der Waals surface area contributed by atoms with Crippen molar-refractivity contribution in [3.63, 3.8) is 0 Å². The van der Waals surface area contributed by atoms with E-state index in [2.05, 4.69) is 35.8 Å². The summed E-state index contributed by atoms with van der Waals surface area (Å²) >= 11 is 5.05. The van der Waals surface area contributed by atoms with Crippen LogP contribution in [-0.2, 0) is 6.54 Å². The summed E-state index contributed by atoms with van der Waals surface area (Å²) < 4.78 is 14.3. The van der Waals surface area contributed by atoms with Crippen molar-refractivity contribution in [3.8, 4) is 11.5 Å². The number of rotatable bonds is 5. The number of imidazole rings is 1. The first-order valence-electron chi connectivity index (χ1n) is 10.1. The van der Waals surface area contributed by atoms with Gasteiger partial charge in [0, 0.05) is 15.9 Å². The molecule has 0 saturated carbocycles. The maximum atomic E-state index is 6.21. The molecular weight excluding hydrogens is 468 g/mol. The second-order valence-corrected chi connectivity index (χ2v) is 9.38. The van der Waals surface area contributed by atoms with E-state index in [4.69, 9.17) is 20.2 Å². The monoisotopic (exact) mass is 490 g/mol. The first-order valence-corrected chi connectivity index (χ1v) is 11.7. The van der Waals surface area contributed by atoms with Crippen molar-refractivity contribution >= 4 is 44.7 Å². The summed E-state index contributed by atoms with van der Waals surface area (Å²) in [5.74, 6) is 2.61. The zero-order valence-electron chi connectivity index (χ0n) is 16.4. The fourth-order valence-corrected chi connectivity index (χ4v) is 5.23. The van der Waals surface area contributed by atoms with E-state index in [0.29, 0.717) is 29.7 Å². The average Bonchev–Trinajstić information content (AvgIpc) is 3.17. The molecule has 0 bridgehead atoms. The van der Waals surface area contributed by atoms with Crippen LogP contribution in [0.4, 0.5) is 5.82 Å². The van der Waals surface area contributed by atoms with Gasteiger partial charge in [-0.25, -0.2) is 15.0 Å². The normalized spacial score (nSPS) is 16.8. The molecule has 0 unspecified atom stereocenters. The molecule has 1 aromatic carbocycles. The number of ether oxygens (including phenoxy) is 2. The zero-order chi connectivity index (χ0) is 20.5. The SMILES string of the molecule is Nc1nc(Sc2cc3c(cc2Br)OCCO3)nc2c1ncn2CCC1CCNCC1. The molecule has 3 aromatic rings. The molecular formula is C20H23BrN6O2S. The van der Waals surface area contributed by atoms with Crippen molar-refractivity contribution in [1.29, 1.82) is 0 Å². The van der Waals surface area contributed by atoms with Crippen LogP contribution in [-0.4, -0.2) is 45.8 Å². The highest BCUT2D eigenvalue weighted by atomic mass is 79.9. The van der Waals surface area contributed by atoms with E-state index < -0.39 is 0 Å². The van der Waals surface area contributed by atoms with E-state index in [-0.39, 0.29) is 0 Å². The number of fused-ring (bicyclic) bond motifs is 2. The van der Waals surface area contributed by atoms with Gasteiger partial charge in [-0.1, -0.05) is 0 Å². The number of aryl methyl sites for hydroxylation is 1. The van der Waals surface area contributed by atoms with Crippen molar-refractivity contribution in [3.05, 3.63) is 22.9 Å². The van der Waals surface area contributed by atoms with E-state index in [0.717, 1.165) is 58.5 Å². The topological polar surface area (TPSA) is 100 Å². The Kier molecular flexibility index (Phi) is 5.70. The number of nitrogen functional groups attached to an aromatic ring is 1. The third-order valence-electron chi connectivity index (χ3n) is 5.51. The van der Waals surface area contributed by atoms with Crippen LogP contribution in [0, 0.1) is 5.92 Å². The first-order chi connectivity index (χ1) is 14.7. The maximum absolute atomic E-state index is 6.21. The van der Waals surface area contributed by atoms with Gasteiger partial charge < -0.3 is 25.1 Å². The number of piperidine rings is 1. The van der Waals surface area contributed by atoms with Gasteiger partial charge in [-0.05, 0) is 78.1 Å². The Labute approximate surface area is 187 Å². The maximum Gasteiger partial charge on any atom is 0.196 e. The molecule has 1 fully saturated rings. The van der Waals surface area contributed by atoms with E-state index in [9.17, 15) is 0 Å². The third kappa shape index (κ3) is 4.08. The highest BCUT2D eigenvalue weighted by Crippen LogP contribution is 2.41. The van der Waals surface area contributed by atoms with Crippen LogP contribution in [0.2, 0.25) is 0 Å². The molecule has 3 N–H and O–H groups in total. The van der Waals surface area contributed by atoms with Gasteiger partial charge in [0.15, 0.2) is 28.1 Å². The zero-order valence-corrected chi connectivity index (χ0v) is 18.8. The van der Waals surface area contributed by atoms with Crippen molar-refractivity contribution in [2.24, 2.45) is 5.92 Å². The van der Waals surface area contributed by atoms with Gasteiger partial charge in [-0.15, -0.1) is 0 Å². The third-order valence-corrected chi connectivity index (χ3v) is 7.35. The van der Waals surface area contributed by atoms with Crippen molar-refractivity contribution in [1.82, 2.24) is 24.8 Å². The first kappa shape index (κ1) is 19.9. The van der Waals surface area contributed by atoms with Gasteiger partial charge in [0.2, 0.25) is 0 Å². The lowest BCUT2D eigenvalue weighted by Crippen LogP contribution is -2.28. The van der Waals surface area contributed by atoms with Gasteiger partial charge in [0.1, 0.15) is 18.7 Å². The van der Waals surface area contributed by atoms with E-state index in [1.54, 1.807) is 0 Å². The van der Waals surface area contributed by atoms with Gasteiger partial charge in [0.25, 0.3) is 0 Å². The van der Waals surface area contributed by atoms with Gasteiger partial charge in [-0.3, -0.25) is 0 Å². The Hall–Kier alpha value is -2.04. The van der Waals surface area contributed by atoms with Crippen LogP contribution in [0.5, 0.6) is 11.5 Å². The fraction of sp³-hybridized carbons (Fsp3) is 0.450. The standard InChI is InChI=1S/C20H23BrN6O2S/c21-13-9-14-15(29-8-7-28-14)10-16(13)30-20-25-18(22)17-19(26-20)27(11-24-17)6-3-12-1-4-23-5-2-12/h9-12,23H,1-8H2,(H2,22,25,26). The molecule has 10 heteroatoms. The minimum absolute atomic E-state index is 0.400. The van der Waals surface area contributed by atoms with Gasteiger partial charge in [0.05, 0.1) is 6.33 Å². The molecule has 0 atom stereocenters. The fourth-order valence-electron chi connectivity index (χ4n) is 3.87. The average molecular weight is 491 g/mol. The Bertz CT molecular complexity index is 1070. The predicted octanol–water partition coefficient (Wildman–Crippen LogP) is 3.48. The Morgan fingerprint density at radius 2 is 1.93 bits per heavy atom. The molecule has 8 nitrogen and oxygen atoms in total. The summed E-state index contributed by atoms with van der Waals surface area (Å²) in [6.07, 6.45) is 5.39. The summed E-state index contributed by atoms with van der Waals surface area (Å²) in [4.78, 5) is 14.6. The highest BCUT2D eigenvalue weighted by molar-refractivity contribution is 9.10. The number of halogens is 1. The number of benzene rings is 1. The molecule has 2 aliphatic rings. The Balaban J connectivity index is 1.40. The van der Waals surface area contributed by atoms with Crippen LogP contribution in [0.3, 0.4) is 0 Å². The minimum Gasteiger partial charge on any atom is -0.486 e. The Morgan fingerprint density at radius 1 is 1.17 bits per heavy atom. The summed E-state index contributed by atoms with van der Waals surface area (Å²) in [7, 11) is 0. The number of aromatic nitrogens is 4. The predicted molar refractivity (Wildman–Crippen MR) is 119 cm³/mol. The lowest BCUT2D eigenvalue weighted by Gasteiger charge is -2.22. The van der Waals surface area contributed by atoms with Crippen LogP contribution in [0.1, 0.15) is 19.3 Å². The van der Waals surface area contributed by atoms with Crippen molar-refractivity contribution < 1.29 is 9.47 Å². The summed E-state index contributed by atoms with van der Waals surface area (Å²) in [6.45, 7) is 4.20. The smallest absolute Gasteiger partial charge is 0.196 e. The molecule has 2 aliphatic heterocycles. The van der Waals surface area contributed by atoms with Crippen molar-refractivity contribution in [2.75, 3.05) is 32.0 Å². The molecule has 4 heterocycles. The molecule has 0 amide bonds. The molecule has 5 rings (SSSR count). The lowest BCUT2D eigenvalue weighted by atomic mass is 9.95. The molecule has 1 saturated heterocycles. The largest absolute Gasteiger partial charge is 0.486 e. The number of anilines is 1. The van der Waals surface area contributed by atoms with Crippen LogP contribution >= 0.6 is 27.7 Å². The van der Waals surface area contributed by atoms with Gasteiger partial charge in [-0.2, -0.15) is 0 Å². The van der Waals surface area contributed by atoms with E-state index in [1.165, 1.54) is 24.6 Å². The molecule has 0 spiro atoms. The van der Waals surface area contributed by atoms with Crippen LogP contribution in [0.15, 0.2) is 33.0 Å². The molecule has 2 aromatic heterocycles. The number of nitrogens with one attached hydrogen (secondary N) is 1. The van der Waals surface area contributed by atoms with Crippen molar-refractivity contribution in [2.45, 2.75) is 35.9 Å². The van der Waals surface area contributed by atoms with E-state index >= 15 is 0 Å². The number of nitrogens with two attached hydrogens (primary N) is 1. The van der Waals surface area contributed by atoms with Crippen LogP contribution < -0.4 is 20.5 Å². The molecule has 158 valence electrons. The number of hydrogen-bond donors (Lipinski definition) is 2.